The van der Waals surface area contributed by atoms with Crippen molar-refractivity contribution in [2.24, 2.45) is 11.5 Å². The standard InChI is InChI=1S/C14H26N2O8.C8H15NO6.C7H12O4.C3H7NO2/c1-6(4-16(8(3)18)7(2)13(20)21)23-12-10(15)14(22)24-9(5-17)11(12)19;1-4(12)9-5(2-10)7(14)8(15)6(13)3-11;8-6(9)4-2-1-3-5-7(10)11;1-2(4)3(5)6/h6-7,9-12,14,17,19,22H,4-5,15H2,1-3H3,(H,20,21);2,5-8,11,13-15H,3H2,1H3,(H,9,12);1-5H2,(H,8,9)(H,10,11);2H,4H2,1H3,(H,5,6)/t6?,7-,9+,10+,11+,12+,14-;5-,6+,7+,8+;;2-/m00.1/s1. The van der Waals surface area contributed by atoms with Gasteiger partial charge < -0.3 is 92.1 Å². The Balaban J connectivity index is -0.000000749. The summed E-state index contributed by atoms with van der Waals surface area (Å²) in [4.78, 5) is 74.4. The first-order chi connectivity index (χ1) is 25.8. The van der Waals surface area contributed by atoms with E-state index in [0.717, 1.165) is 11.8 Å². The molecule has 328 valence electrons. The smallest absolute Gasteiger partial charge is 0.326 e. The molecule has 1 saturated heterocycles. The third kappa shape index (κ3) is 24.5. The van der Waals surface area contributed by atoms with Crippen LogP contribution in [0.4, 0.5) is 0 Å². The number of carboxylic acids is 4. The van der Waals surface area contributed by atoms with E-state index in [-0.39, 0.29) is 25.7 Å². The number of nitrogens with two attached hydrogens (primary N) is 2. The first-order valence-electron chi connectivity index (χ1n) is 17.1. The van der Waals surface area contributed by atoms with Crippen molar-refractivity contribution in [1.82, 2.24) is 10.2 Å². The zero-order chi connectivity index (χ0) is 44.5. The van der Waals surface area contributed by atoms with E-state index in [1.54, 1.807) is 6.92 Å². The second-order valence-electron chi connectivity index (χ2n) is 12.5. The largest absolute Gasteiger partial charge is 0.481 e. The van der Waals surface area contributed by atoms with Crippen molar-refractivity contribution in [3.63, 3.8) is 0 Å². The molecule has 1 rings (SSSR count). The van der Waals surface area contributed by atoms with Crippen LogP contribution in [0.2, 0.25) is 0 Å². The van der Waals surface area contributed by atoms with E-state index in [0.29, 0.717) is 19.3 Å². The van der Waals surface area contributed by atoms with Crippen molar-refractivity contribution in [1.29, 1.82) is 0 Å². The van der Waals surface area contributed by atoms with E-state index in [1.165, 1.54) is 20.8 Å². The number of nitrogens with zero attached hydrogens (tertiary/aromatic N) is 1. The van der Waals surface area contributed by atoms with Crippen LogP contribution in [0.5, 0.6) is 0 Å². The normalized spacial score (nSPS) is 22.4. The number of unbranched alkanes of at least 4 members (excludes halogenated alkanes) is 2. The van der Waals surface area contributed by atoms with Gasteiger partial charge in [-0.3, -0.25) is 24.0 Å². The maximum absolute atomic E-state index is 11.6. The van der Waals surface area contributed by atoms with Gasteiger partial charge in [0.25, 0.3) is 0 Å². The van der Waals surface area contributed by atoms with E-state index >= 15 is 0 Å². The second kappa shape index (κ2) is 30.2. The summed E-state index contributed by atoms with van der Waals surface area (Å²) in [5, 5.41) is 100. The highest BCUT2D eigenvalue weighted by molar-refractivity contribution is 5.82. The van der Waals surface area contributed by atoms with Crippen LogP contribution in [-0.2, 0) is 43.0 Å². The highest BCUT2D eigenvalue weighted by Gasteiger charge is 2.44. The first-order valence-corrected chi connectivity index (χ1v) is 17.1. The molecule has 0 aliphatic carbocycles. The van der Waals surface area contributed by atoms with Crippen LogP contribution >= 0.6 is 0 Å². The number of carbonyl (C=O) groups excluding carboxylic acids is 3. The number of aliphatic hydroxyl groups is 7. The maximum atomic E-state index is 11.6. The number of carboxylic acid groups (broad SMARTS) is 4. The van der Waals surface area contributed by atoms with Crippen molar-refractivity contribution < 1.29 is 99.2 Å². The molecule has 0 spiro atoms. The fraction of sp³-hybridized carbons (Fsp3) is 0.781. The van der Waals surface area contributed by atoms with Crippen molar-refractivity contribution in [2.75, 3.05) is 19.8 Å². The molecular weight excluding hydrogens is 760 g/mol. The van der Waals surface area contributed by atoms with Crippen LogP contribution in [0.1, 0.15) is 66.7 Å². The molecule has 16 N–H and O–H groups in total. The Morgan fingerprint density at radius 3 is 1.68 bits per heavy atom. The van der Waals surface area contributed by atoms with Crippen LogP contribution in [-0.4, -0.2) is 196 Å². The number of aldehydes is 1. The zero-order valence-electron chi connectivity index (χ0n) is 31.9. The van der Waals surface area contributed by atoms with Gasteiger partial charge in [0.05, 0.1) is 25.4 Å². The molecule has 1 aliphatic heterocycles. The molecular formula is C32H60N4O20. The fourth-order valence-corrected chi connectivity index (χ4v) is 4.27. The molecule has 0 aromatic heterocycles. The maximum Gasteiger partial charge on any atom is 0.326 e. The summed E-state index contributed by atoms with van der Waals surface area (Å²) < 4.78 is 10.6. The Hall–Kier alpha value is -3.95. The van der Waals surface area contributed by atoms with Gasteiger partial charge in [-0.25, -0.2) is 4.79 Å². The molecule has 1 heterocycles. The summed E-state index contributed by atoms with van der Waals surface area (Å²) in [5.41, 5.74) is 10.6. The van der Waals surface area contributed by atoms with Gasteiger partial charge >= 0.3 is 23.9 Å². The molecule has 1 unspecified atom stereocenters. The molecule has 1 fully saturated rings. The Labute approximate surface area is 322 Å². The molecule has 24 heteroatoms. The number of hydrogen-bond acceptors (Lipinski definition) is 18. The SMILES string of the molecule is CC(=O)N(CC(C)O[C@@H]1[C@@H](N)[C@@H](O)O[C@H](CO)[C@H]1O)[C@@H](C)C(=O)O.CC(=O)N[C@@H](C=O)[C@@H](O)[C@H](O)[C@H](O)CO.C[C@@H](N)C(=O)O.O=C(O)CCCCCC(=O)O. The van der Waals surface area contributed by atoms with E-state index < -0.39 is 122 Å². The number of nitrogens with one attached hydrogen (secondary N) is 1. The van der Waals surface area contributed by atoms with E-state index in [1.807, 2.05) is 0 Å². The highest BCUT2D eigenvalue weighted by atomic mass is 16.6. The number of aliphatic hydroxyl groups excluding tert-OH is 7. The van der Waals surface area contributed by atoms with Crippen LogP contribution < -0.4 is 16.8 Å². The summed E-state index contributed by atoms with van der Waals surface area (Å²) in [6.07, 6.45) is -8.10. The van der Waals surface area contributed by atoms with Gasteiger partial charge in [0.15, 0.2) is 6.29 Å². The minimum atomic E-state index is -1.71. The Kier molecular flexibility index (Phi) is 30.4. The Morgan fingerprint density at radius 2 is 1.34 bits per heavy atom. The van der Waals surface area contributed by atoms with Crippen LogP contribution in [0, 0.1) is 0 Å². The summed E-state index contributed by atoms with van der Waals surface area (Å²) >= 11 is 0. The molecule has 0 bridgehead atoms. The quantitative estimate of drug-likeness (QED) is 0.0403. The number of ether oxygens (including phenoxy) is 2. The van der Waals surface area contributed by atoms with Gasteiger partial charge in [0, 0.05) is 33.2 Å². The third-order valence-electron chi connectivity index (χ3n) is 7.48. The summed E-state index contributed by atoms with van der Waals surface area (Å²) in [6, 6.07) is -4.16. The average molecular weight is 821 g/mol. The fourth-order valence-electron chi connectivity index (χ4n) is 4.27. The van der Waals surface area contributed by atoms with Gasteiger partial charge in [0.1, 0.15) is 61.0 Å². The summed E-state index contributed by atoms with van der Waals surface area (Å²) in [6.45, 7) is 5.42. The van der Waals surface area contributed by atoms with Crippen LogP contribution in [0.25, 0.3) is 0 Å². The van der Waals surface area contributed by atoms with Gasteiger partial charge in [-0.05, 0) is 33.6 Å². The highest BCUT2D eigenvalue weighted by Crippen LogP contribution is 2.22. The van der Waals surface area contributed by atoms with Gasteiger partial charge in [-0.15, -0.1) is 0 Å². The second-order valence-corrected chi connectivity index (χ2v) is 12.5. The van der Waals surface area contributed by atoms with Crippen LogP contribution in [0.3, 0.4) is 0 Å². The number of rotatable bonds is 20. The molecule has 0 aromatic rings. The van der Waals surface area contributed by atoms with Gasteiger partial charge in [-0.1, -0.05) is 6.42 Å². The third-order valence-corrected chi connectivity index (χ3v) is 7.48. The van der Waals surface area contributed by atoms with Crippen molar-refractivity contribution in [2.45, 2.75) is 140 Å². The molecule has 24 nitrogen and oxygen atoms in total. The molecule has 0 saturated carbocycles. The summed E-state index contributed by atoms with van der Waals surface area (Å²) in [7, 11) is 0. The molecule has 1 aliphatic rings. The number of aliphatic carboxylic acids is 4. The molecule has 56 heavy (non-hydrogen) atoms. The topological polar surface area (TPSA) is 428 Å². The monoisotopic (exact) mass is 820 g/mol. The number of hydrogen-bond donors (Lipinski definition) is 14. The lowest BCUT2D eigenvalue weighted by Gasteiger charge is -2.42. The van der Waals surface area contributed by atoms with Crippen molar-refractivity contribution in [3.05, 3.63) is 0 Å². The van der Waals surface area contributed by atoms with Gasteiger partial charge in [-0.2, -0.15) is 0 Å². The van der Waals surface area contributed by atoms with E-state index in [2.05, 4.69) is 5.32 Å². The molecule has 0 radical (unpaired) electrons. The molecule has 12 atom stereocenters. The lowest BCUT2D eigenvalue weighted by Crippen LogP contribution is -2.63. The zero-order valence-corrected chi connectivity index (χ0v) is 31.9. The lowest BCUT2D eigenvalue weighted by atomic mass is 9.97. The van der Waals surface area contributed by atoms with Crippen LogP contribution in [0.15, 0.2) is 0 Å². The van der Waals surface area contributed by atoms with E-state index in [9.17, 15) is 54.0 Å². The Morgan fingerprint density at radius 1 is 0.857 bits per heavy atom. The average Bonchev–Trinajstić information content (AvgIpc) is 3.11. The van der Waals surface area contributed by atoms with E-state index in [4.69, 9.17) is 56.7 Å². The number of carbonyl (C=O) groups is 7. The minimum absolute atomic E-state index is 0.0422. The predicted octanol–water partition coefficient (Wildman–Crippen LogP) is -5.23. The van der Waals surface area contributed by atoms with Crippen molar-refractivity contribution >= 4 is 42.0 Å². The molecule has 0 aromatic carbocycles. The summed E-state index contributed by atoms with van der Waals surface area (Å²) in [5.74, 6) is -4.76. The lowest BCUT2D eigenvalue weighted by molar-refractivity contribution is -0.263. The first kappa shape index (κ1) is 56.4. The molecule has 2 amide bonds. The predicted molar refractivity (Wildman–Crippen MR) is 189 cm³/mol. The number of amides is 2. The van der Waals surface area contributed by atoms with Gasteiger partial charge in [0.2, 0.25) is 11.8 Å². The Bertz CT molecular complexity index is 1180. The van der Waals surface area contributed by atoms with Crippen molar-refractivity contribution in [3.8, 4) is 0 Å². The minimum Gasteiger partial charge on any atom is -0.481 e.